The number of halogens is 1. The summed E-state index contributed by atoms with van der Waals surface area (Å²) in [5, 5.41) is 0. The van der Waals surface area contributed by atoms with E-state index in [4.69, 9.17) is 9.97 Å². The van der Waals surface area contributed by atoms with Gasteiger partial charge in [-0.25, -0.2) is 4.39 Å². The van der Waals surface area contributed by atoms with Crippen LogP contribution in [-0.4, -0.2) is 9.97 Å². The van der Waals surface area contributed by atoms with Crippen LogP contribution in [-0.2, 0) is 10.8 Å². The van der Waals surface area contributed by atoms with Crippen LogP contribution in [0.1, 0.15) is 50.2 Å². The van der Waals surface area contributed by atoms with Crippen molar-refractivity contribution in [3.8, 4) is 22.5 Å². The van der Waals surface area contributed by atoms with Crippen molar-refractivity contribution < 1.29 is 4.39 Å². The molecule has 0 amide bonds. The quantitative estimate of drug-likeness (QED) is 0.316. The number of pyridine rings is 2. The fraction of sp³-hybridized carbons (Fsp3) is 0.214. The molecule has 1 aliphatic heterocycles. The van der Waals surface area contributed by atoms with Crippen LogP contribution in [0.15, 0.2) is 78.9 Å². The smallest absolute Gasteiger partial charge is 0.132 e. The van der Waals surface area contributed by atoms with Crippen molar-refractivity contribution in [1.29, 1.82) is 0 Å². The maximum atomic E-state index is 15.0. The molecule has 0 spiro atoms. The van der Waals surface area contributed by atoms with E-state index >= 15 is 0 Å². The van der Waals surface area contributed by atoms with Gasteiger partial charge in [0.2, 0.25) is 0 Å². The largest absolute Gasteiger partial charge is 0.252 e. The molecule has 0 unspecified atom stereocenters. The lowest BCUT2D eigenvalue weighted by Gasteiger charge is -2.28. The van der Waals surface area contributed by atoms with Gasteiger partial charge in [0.05, 0.1) is 22.8 Å². The lowest BCUT2D eigenvalue weighted by molar-refractivity contribution is 0.594. The van der Waals surface area contributed by atoms with Crippen molar-refractivity contribution in [3.63, 3.8) is 0 Å². The van der Waals surface area contributed by atoms with Gasteiger partial charge in [-0.15, -0.1) is 0 Å². The number of nitrogens with zero attached hydrogens (tertiary/aromatic N) is 2. The normalized spacial score (nSPS) is 15.8. The molecule has 0 aliphatic carbocycles. The highest BCUT2D eigenvalue weighted by Gasteiger charge is 2.29. The van der Waals surface area contributed by atoms with Crippen molar-refractivity contribution in [2.24, 2.45) is 0 Å². The van der Waals surface area contributed by atoms with E-state index in [1.54, 1.807) is 6.07 Å². The molecule has 0 saturated carbocycles. The molecule has 2 aromatic heterocycles. The highest BCUT2D eigenvalue weighted by atomic mass is 19.1. The summed E-state index contributed by atoms with van der Waals surface area (Å²) in [5.41, 5.74) is 6.45. The van der Waals surface area contributed by atoms with Gasteiger partial charge in [0.15, 0.2) is 0 Å². The zero-order valence-corrected chi connectivity index (χ0v) is 18.3. The molecule has 154 valence electrons. The molecule has 2 nitrogen and oxygen atoms in total. The number of hydrogen-bond acceptors (Lipinski definition) is 2. The Labute approximate surface area is 182 Å². The lowest BCUT2D eigenvalue weighted by atomic mass is 9.76. The number of rotatable bonds is 0. The summed E-state index contributed by atoms with van der Waals surface area (Å²) in [7, 11) is 0. The third kappa shape index (κ3) is 3.16. The van der Waals surface area contributed by atoms with Crippen LogP contribution in [0.25, 0.3) is 22.5 Å². The fourth-order valence-corrected chi connectivity index (χ4v) is 4.35. The average molecular weight is 409 g/mol. The highest BCUT2D eigenvalue weighted by Crippen LogP contribution is 2.38. The van der Waals surface area contributed by atoms with E-state index in [1.807, 2.05) is 36.4 Å². The van der Waals surface area contributed by atoms with E-state index in [0.29, 0.717) is 11.3 Å². The van der Waals surface area contributed by atoms with Gasteiger partial charge in [-0.05, 0) is 67.4 Å². The third-order valence-electron chi connectivity index (χ3n) is 6.62. The zero-order chi connectivity index (χ0) is 21.8. The molecule has 3 heteroatoms. The topological polar surface area (TPSA) is 25.8 Å². The summed E-state index contributed by atoms with van der Waals surface area (Å²) >= 11 is 0. The summed E-state index contributed by atoms with van der Waals surface area (Å²) in [6.07, 6.45) is 0. The zero-order valence-electron chi connectivity index (χ0n) is 18.3. The van der Waals surface area contributed by atoms with E-state index in [2.05, 4.69) is 64.1 Å². The molecule has 0 fully saturated rings. The van der Waals surface area contributed by atoms with Gasteiger partial charge in [-0.1, -0.05) is 50.2 Å². The second kappa shape index (κ2) is 6.84. The van der Waals surface area contributed by atoms with Crippen LogP contribution in [0.2, 0.25) is 0 Å². The van der Waals surface area contributed by atoms with Gasteiger partial charge in [0.1, 0.15) is 5.82 Å². The van der Waals surface area contributed by atoms with Crippen LogP contribution in [0.4, 0.5) is 4.39 Å². The van der Waals surface area contributed by atoms with Gasteiger partial charge in [0.25, 0.3) is 0 Å². The van der Waals surface area contributed by atoms with Crippen molar-refractivity contribution in [1.82, 2.24) is 9.97 Å². The molecule has 5 rings (SSSR count). The van der Waals surface area contributed by atoms with E-state index < -0.39 is 5.41 Å². The summed E-state index contributed by atoms with van der Waals surface area (Å²) < 4.78 is 15.0. The molecule has 0 N–H and O–H groups in total. The van der Waals surface area contributed by atoms with Gasteiger partial charge in [-0.2, -0.15) is 0 Å². The lowest BCUT2D eigenvalue weighted by Crippen LogP contribution is -2.23. The van der Waals surface area contributed by atoms with E-state index in [-0.39, 0.29) is 11.2 Å². The minimum absolute atomic E-state index is 0.261. The minimum Gasteiger partial charge on any atom is -0.252 e. The predicted octanol–water partition coefficient (Wildman–Crippen LogP) is 6.91. The van der Waals surface area contributed by atoms with Crippen LogP contribution in [0.3, 0.4) is 0 Å². The summed E-state index contributed by atoms with van der Waals surface area (Å²) in [5.74, 6) is -0.261. The molecule has 0 saturated heterocycles. The van der Waals surface area contributed by atoms with E-state index in [1.165, 1.54) is 0 Å². The van der Waals surface area contributed by atoms with Crippen molar-refractivity contribution >= 4 is 0 Å². The number of benzene rings is 2. The number of fused-ring (bicyclic) bond motifs is 10. The first-order chi connectivity index (χ1) is 14.8. The fourth-order valence-electron chi connectivity index (χ4n) is 4.35. The Balaban J connectivity index is 1.87. The highest BCUT2D eigenvalue weighted by molar-refractivity contribution is 5.65. The molecule has 31 heavy (non-hydrogen) atoms. The number of hydrogen-bond donors (Lipinski definition) is 0. The van der Waals surface area contributed by atoms with Gasteiger partial charge in [-0.3, -0.25) is 9.97 Å². The Kier molecular flexibility index (Phi) is 4.33. The van der Waals surface area contributed by atoms with Crippen molar-refractivity contribution in [2.75, 3.05) is 0 Å². The van der Waals surface area contributed by atoms with Crippen LogP contribution in [0.5, 0.6) is 0 Å². The van der Waals surface area contributed by atoms with Crippen LogP contribution >= 0.6 is 0 Å². The standard InChI is InChI=1S/C28H25FN2/c1-27(2)19-9-5-8-18(16-19)23-10-6-12-25(30-23)28(3,4)26-13-7-11-24(31-26)21-17-20(27)14-15-22(21)29/h5-17H,1-4H3. The molecular formula is C28H25FN2. The Morgan fingerprint density at radius 2 is 1.23 bits per heavy atom. The molecule has 3 heterocycles. The molecule has 2 aromatic carbocycles. The first kappa shape index (κ1) is 19.6. The molecule has 0 radical (unpaired) electrons. The molecule has 0 atom stereocenters. The first-order valence-electron chi connectivity index (χ1n) is 10.6. The van der Waals surface area contributed by atoms with Crippen LogP contribution in [0, 0.1) is 5.82 Å². The Hall–Kier alpha value is -3.33. The molecule has 1 aliphatic rings. The Morgan fingerprint density at radius 3 is 1.97 bits per heavy atom. The summed E-state index contributed by atoms with van der Waals surface area (Å²) in [6.45, 7) is 8.57. The van der Waals surface area contributed by atoms with Gasteiger partial charge < -0.3 is 0 Å². The summed E-state index contributed by atoms with van der Waals surface area (Å²) in [4.78, 5) is 9.92. The van der Waals surface area contributed by atoms with Crippen molar-refractivity contribution in [2.45, 2.75) is 38.5 Å². The molecule has 4 aromatic rings. The number of aromatic nitrogens is 2. The maximum absolute atomic E-state index is 15.0. The molecule has 8 bridgehead atoms. The second-order valence-electron chi connectivity index (χ2n) is 9.34. The van der Waals surface area contributed by atoms with Gasteiger partial charge in [0, 0.05) is 22.0 Å². The van der Waals surface area contributed by atoms with E-state index in [9.17, 15) is 4.39 Å². The molecular weight excluding hydrogens is 383 g/mol. The Bertz CT molecular complexity index is 1300. The predicted molar refractivity (Wildman–Crippen MR) is 124 cm³/mol. The third-order valence-corrected chi connectivity index (χ3v) is 6.62. The first-order valence-corrected chi connectivity index (χ1v) is 10.6. The monoisotopic (exact) mass is 408 g/mol. The minimum atomic E-state index is -0.429. The second-order valence-corrected chi connectivity index (χ2v) is 9.34. The Morgan fingerprint density at radius 1 is 0.613 bits per heavy atom. The summed E-state index contributed by atoms with van der Waals surface area (Å²) in [6, 6.07) is 25.9. The van der Waals surface area contributed by atoms with Crippen LogP contribution < -0.4 is 0 Å². The van der Waals surface area contributed by atoms with Gasteiger partial charge >= 0.3 is 0 Å². The average Bonchev–Trinajstić information content (AvgIpc) is 2.79. The van der Waals surface area contributed by atoms with Crippen molar-refractivity contribution in [3.05, 3.63) is 107 Å². The SMILES string of the molecule is CC1(C)c2cccc(c2)-c2cccc(n2)C(C)(C)c2cccc(n2)-c2cc1ccc2F. The van der Waals surface area contributed by atoms with E-state index in [0.717, 1.165) is 33.8 Å². The maximum Gasteiger partial charge on any atom is 0.132 e.